The molecule has 1 aliphatic rings. The predicted octanol–water partition coefficient (Wildman–Crippen LogP) is 2.20. The van der Waals surface area contributed by atoms with Crippen LogP contribution in [-0.2, 0) is 5.75 Å². The number of nitrogens with one attached hydrogen (secondary N) is 1. The summed E-state index contributed by atoms with van der Waals surface area (Å²) in [5.41, 5.74) is 1.48. The third kappa shape index (κ3) is 2.25. The van der Waals surface area contributed by atoms with E-state index in [2.05, 4.69) is 33.9 Å². The summed E-state index contributed by atoms with van der Waals surface area (Å²) >= 11 is 3.85. The maximum Gasteiger partial charge on any atom is 0.0192 e. The molecule has 1 aromatic heterocycles. The zero-order valence-electron chi connectivity index (χ0n) is 6.95. The lowest BCUT2D eigenvalue weighted by Gasteiger charge is -2.26. The highest BCUT2D eigenvalue weighted by molar-refractivity contribution is 7.98. The lowest BCUT2D eigenvalue weighted by molar-refractivity contribution is 0.385. The Morgan fingerprint density at radius 1 is 1.58 bits per heavy atom. The van der Waals surface area contributed by atoms with E-state index in [4.69, 9.17) is 0 Å². The molecule has 1 fully saturated rings. The number of rotatable bonds is 4. The van der Waals surface area contributed by atoms with Crippen LogP contribution >= 0.6 is 23.1 Å². The van der Waals surface area contributed by atoms with Gasteiger partial charge in [0.1, 0.15) is 0 Å². The van der Waals surface area contributed by atoms with Gasteiger partial charge in [0, 0.05) is 5.75 Å². The Balaban J connectivity index is 1.62. The molecule has 1 aromatic rings. The van der Waals surface area contributed by atoms with Crippen molar-refractivity contribution in [1.29, 1.82) is 0 Å². The SMILES string of the molecule is c1cc(CSCC2CNC2)cs1. The van der Waals surface area contributed by atoms with Crippen LogP contribution in [0.5, 0.6) is 0 Å². The van der Waals surface area contributed by atoms with E-state index >= 15 is 0 Å². The monoisotopic (exact) mass is 199 g/mol. The van der Waals surface area contributed by atoms with Crippen molar-refractivity contribution in [2.24, 2.45) is 5.92 Å². The van der Waals surface area contributed by atoms with Crippen LogP contribution < -0.4 is 5.32 Å². The third-order valence-corrected chi connectivity index (χ3v) is 4.05. The molecule has 1 saturated heterocycles. The van der Waals surface area contributed by atoms with Crippen LogP contribution in [0.15, 0.2) is 16.8 Å². The molecule has 2 heterocycles. The van der Waals surface area contributed by atoms with Crippen molar-refractivity contribution < 1.29 is 0 Å². The molecular formula is C9H13NS2. The second-order valence-corrected chi connectivity index (χ2v) is 4.98. The van der Waals surface area contributed by atoms with E-state index < -0.39 is 0 Å². The molecule has 0 spiro atoms. The van der Waals surface area contributed by atoms with Crippen LogP contribution in [0.3, 0.4) is 0 Å². The molecule has 3 heteroatoms. The van der Waals surface area contributed by atoms with Gasteiger partial charge in [-0.15, -0.1) is 0 Å². The zero-order valence-corrected chi connectivity index (χ0v) is 8.59. The van der Waals surface area contributed by atoms with Gasteiger partial charge in [0.05, 0.1) is 0 Å². The minimum atomic E-state index is 0.939. The Labute approximate surface area is 81.6 Å². The van der Waals surface area contributed by atoms with Gasteiger partial charge in [-0.25, -0.2) is 0 Å². The summed E-state index contributed by atoms with van der Waals surface area (Å²) in [4.78, 5) is 0. The standard InChI is InChI=1S/C9H13NS2/c1-2-11-5-8(1)6-12-7-9-3-10-4-9/h1-2,5,9-10H,3-4,6-7H2. The summed E-state index contributed by atoms with van der Waals surface area (Å²) in [6, 6.07) is 2.22. The Bertz CT molecular complexity index is 216. The molecule has 1 aliphatic heterocycles. The Morgan fingerprint density at radius 3 is 3.08 bits per heavy atom. The molecule has 12 heavy (non-hydrogen) atoms. The Hall–Kier alpha value is 0.01000. The fraction of sp³-hybridized carbons (Fsp3) is 0.556. The predicted molar refractivity (Wildman–Crippen MR) is 56.8 cm³/mol. The molecule has 1 nitrogen and oxygen atoms in total. The summed E-state index contributed by atoms with van der Waals surface area (Å²) < 4.78 is 0. The van der Waals surface area contributed by atoms with E-state index in [1.165, 1.54) is 30.2 Å². The quantitative estimate of drug-likeness (QED) is 0.798. The van der Waals surface area contributed by atoms with E-state index in [9.17, 15) is 0 Å². The van der Waals surface area contributed by atoms with Gasteiger partial charge in [-0.3, -0.25) is 0 Å². The van der Waals surface area contributed by atoms with Crippen molar-refractivity contribution in [3.8, 4) is 0 Å². The van der Waals surface area contributed by atoms with Gasteiger partial charge in [-0.2, -0.15) is 23.1 Å². The van der Waals surface area contributed by atoms with Crippen molar-refractivity contribution in [2.75, 3.05) is 18.8 Å². The van der Waals surface area contributed by atoms with Crippen LogP contribution in [0, 0.1) is 5.92 Å². The first-order valence-electron chi connectivity index (χ1n) is 4.24. The molecule has 0 aliphatic carbocycles. The number of thioether (sulfide) groups is 1. The largest absolute Gasteiger partial charge is 0.316 e. The first-order valence-corrected chi connectivity index (χ1v) is 6.34. The third-order valence-electron chi connectivity index (χ3n) is 2.07. The van der Waals surface area contributed by atoms with Gasteiger partial charge in [0.2, 0.25) is 0 Å². The van der Waals surface area contributed by atoms with Crippen LogP contribution in [0.25, 0.3) is 0 Å². The number of thiophene rings is 1. The molecule has 2 rings (SSSR count). The van der Waals surface area contributed by atoms with Gasteiger partial charge in [0.15, 0.2) is 0 Å². The molecule has 0 amide bonds. The van der Waals surface area contributed by atoms with Crippen LogP contribution in [0.2, 0.25) is 0 Å². The first kappa shape index (κ1) is 8.60. The number of hydrogen-bond acceptors (Lipinski definition) is 3. The summed E-state index contributed by atoms with van der Waals surface area (Å²) in [5, 5.41) is 7.69. The molecule has 1 N–H and O–H groups in total. The summed E-state index contributed by atoms with van der Waals surface area (Å²) in [6.45, 7) is 2.47. The van der Waals surface area contributed by atoms with Gasteiger partial charge < -0.3 is 5.32 Å². The minimum Gasteiger partial charge on any atom is -0.316 e. The molecule has 0 radical (unpaired) electrons. The highest BCUT2D eigenvalue weighted by atomic mass is 32.2. The summed E-state index contributed by atoms with van der Waals surface area (Å²) in [5.74, 6) is 3.46. The van der Waals surface area contributed by atoms with Crippen molar-refractivity contribution >= 4 is 23.1 Å². The summed E-state index contributed by atoms with van der Waals surface area (Å²) in [7, 11) is 0. The molecular weight excluding hydrogens is 186 g/mol. The highest BCUT2D eigenvalue weighted by Crippen LogP contribution is 2.18. The van der Waals surface area contributed by atoms with Gasteiger partial charge >= 0.3 is 0 Å². The minimum absolute atomic E-state index is 0.939. The molecule has 0 aromatic carbocycles. The van der Waals surface area contributed by atoms with Crippen molar-refractivity contribution in [3.05, 3.63) is 22.4 Å². The van der Waals surface area contributed by atoms with Gasteiger partial charge in [-0.1, -0.05) is 0 Å². The summed E-state index contributed by atoms with van der Waals surface area (Å²) in [6.07, 6.45) is 0. The number of hydrogen-bond donors (Lipinski definition) is 1. The second kappa shape index (κ2) is 4.30. The lowest BCUT2D eigenvalue weighted by Crippen LogP contribution is -2.43. The maximum atomic E-state index is 3.29. The second-order valence-electron chi connectivity index (χ2n) is 3.17. The van der Waals surface area contributed by atoms with E-state index in [1.54, 1.807) is 11.3 Å². The topological polar surface area (TPSA) is 12.0 Å². The van der Waals surface area contributed by atoms with E-state index in [1.807, 2.05) is 0 Å². The Morgan fingerprint density at radius 2 is 2.50 bits per heavy atom. The highest BCUT2D eigenvalue weighted by Gasteiger charge is 2.15. The molecule has 0 bridgehead atoms. The first-order chi connectivity index (χ1) is 5.95. The average molecular weight is 199 g/mol. The van der Waals surface area contributed by atoms with Crippen LogP contribution in [0.1, 0.15) is 5.56 Å². The van der Waals surface area contributed by atoms with E-state index in [-0.39, 0.29) is 0 Å². The van der Waals surface area contributed by atoms with Gasteiger partial charge in [-0.05, 0) is 47.2 Å². The fourth-order valence-corrected chi connectivity index (χ4v) is 3.06. The maximum absolute atomic E-state index is 3.29. The van der Waals surface area contributed by atoms with Crippen molar-refractivity contribution in [2.45, 2.75) is 5.75 Å². The van der Waals surface area contributed by atoms with Crippen LogP contribution in [-0.4, -0.2) is 18.8 Å². The van der Waals surface area contributed by atoms with E-state index in [0.717, 1.165) is 5.92 Å². The average Bonchev–Trinajstić information content (AvgIpc) is 2.46. The Kier molecular flexibility index (Phi) is 3.08. The smallest absolute Gasteiger partial charge is 0.0192 e. The van der Waals surface area contributed by atoms with Crippen molar-refractivity contribution in [1.82, 2.24) is 5.32 Å². The van der Waals surface area contributed by atoms with Gasteiger partial charge in [0.25, 0.3) is 0 Å². The molecule has 0 atom stereocenters. The molecule has 0 unspecified atom stereocenters. The van der Waals surface area contributed by atoms with Crippen LogP contribution in [0.4, 0.5) is 0 Å². The fourth-order valence-electron chi connectivity index (χ4n) is 1.18. The molecule has 66 valence electrons. The van der Waals surface area contributed by atoms with Crippen molar-refractivity contribution in [3.63, 3.8) is 0 Å². The lowest BCUT2D eigenvalue weighted by atomic mass is 10.1. The molecule has 0 saturated carbocycles. The zero-order chi connectivity index (χ0) is 8.23. The van der Waals surface area contributed by atoms with E-state index in [0.29, 0.717) is 0 Å². The normalized spacial score (nSPS) is 17.7.